The lowest BCUT2D eigenvalue weighted by molar-refractivity contribution is 0.685. The third-order valence-corrected chi connectivity index (χ3v) is 2.89. The molecule has 0 radical (unpaired) electrons. The third kappa shape index (κ3) is 2.11. The smallest absolute Gasteiger partial charge is 0.186 e. The molecule has 0 aliphatic rings. The minimum Gasteiger partial charge on any atom is -0.265 e. The highest BCUT2D eigenvalue weighted by Gasteiger charge is 2.00. The van der Waals surface area contributed by atoms with Crippen LogP contribution in [-0.2, 0) is 12.8 Å². The zero-order valence-electron chi connectivity index (χ0n) is 7.79. The molecule has 14 heavy (non-hydrogen) atoms. The van der Waals surface area contributed by atoms with E-state index in [0.717, 1.165) is 10.9 Å². The molecule has 5 heteroatoms. The molecule has 0 saturated carbocycles. The Morgan fingerprint density at radius 3 is 2.79 bits per heavy atom. The first kappa shape index (κ1) is 9.21. The number of aromatic nitrogens is 4. The summed E-state index contributed by atoms with van der Waals surface area (Å²) in [6.45, 7) is 0. The lowest BCUT2D eigenvalue weighted by atomic mass is 10.3. The van der Waals surface area contributed by atoms with Gasteiger partial charge >= 0.3 is 0 Å². The molecule has 0 amide bonds. The summed E-state index contributed by atoms with van der Waals surface area (Å²) in [5.74, 6) is 0.898. The maximum absolute atomic E-state index is 4.13. The molecule has 4 nitrogen and oxygen atoms in total. The minimum absolute atomic E-state index is 0.898. The van der Waals surface area contributed by atoms with Crippen molar-refractivity contribution in [2.24, 2.45) is 7.05 Å². The highest BCUT2D eigenvalue weighted by molar-refractivity contribution is 7.98. The maximum atomic E-state index is 4.13. The molecular formula is C9H10N4S. The van der Waals surface area contributed by atoms with E-state index in [-0.39, 0.29) is 0 Å². The first-order valence-corrected chi connectivity index (χ1v) is 5.20. The molecule has 72 valence electrons. The van der Waals surface area contributed by atoms with Gasteiger partial charge in [-0.15, -0.1) is 0 Å². The van der Waals surface area contributed by atoms with Crippen molar-refractivity contribution in [3.05, 3.63) is 36.4 Å². The van der Waals surface area contributed by atoms with E-state index in [1.807, 2.05) is 19.2 Å². The van der Waals surface area contributed by atoms with Gasteiger partial charge < -0.3 is 0 Å². The standard InChI is InChI=1S/C9H10N4S/c1-13-9(11-7-12-13)14-6-8-2-4-10-5-3-8/h2-5,7H,6H2,1H3. The highest BCUT2D eigenvalue weighted by atomic mass is 32.2. The van der Waals surface area contributed by atoms with E-state index in [1.165, 1.54) is 5.56 Å². The predicted octanol–water partition coefficient (Wildman–Crippen LogP) is 1.50. The summed E-state index contributed by atoms with van der Waals surface area (Å²) in [5, 5.41) is 4.93. The van der Waals surface area contributed by atoms with E-state index >= 15 is 0 Å². The van der Waals surface area contributed by atoms with Crippen molar-refractivity contribution in [3.8, 4) is 0 Å². The summed E-state index contributed by atoms with van der Waals surface area (Å²) >= 11 is 1.67. The molecule has 0 aliphatic heterocycles. The number of aryl methyl sites for hydroxylation is 1. The molecule has 0 unspecified atom stereocenters. The molecule has 2 heterocycles. The zero-order chi connectivity index (χ0) is 9.80. The van der Waals surface area contributed by atoms with Gasteiger partial charge in [-0.2, -0.15) is 5.10 Å². The summed E-state index contributed by atoms with van der Waals surface area (Å²) in [6, 6.07) is 4.01. The Balaban J connectivity index is 1.99. The second-order valence-electron chi connectivity index (χ2n) is 2.81. The number of hydrogen-bond acceptors (Lipinski definition) is 4. The molecule has 0 aromatic carbocycles. The van der Waals surface area contributed by atoms with Crippen molar-refractivity contribution < 1.29 is 0 Å². The topological polar surface area (TPSA) is 43.6 Å². The van der Waals surface area contributed by atoms with E-state index in [4.69, 9.17) is 0 Å². The first-order chi connectivity index (χ1) is 6.86. The van der Waals surface area contributed by atoms with Crippen molar-refractivity contribution in [2.75, 3.05) is 0 Å². The maximum Gasteiger partial charge on any atom is 0.186 e. The minimum atomic E-state index is 0.898. The molecule has 0 bridgehead atoms. The molecular weight excluding hydrogens is 196 g/mol. The molecule has 2 aromatic heterocycles. The van der Waals surface area contributed by atoms with Gasteiger partial charge in [0, 0.05) is 25.2 Å². The van der Waals surface area contributed by atoms with Crippen molar-refractivity contribution in [2.45, 2.75) is 10.9 Å². The average molecular weight is 206 g/mol. The van der Waals surface area contributed by atoms with Crippen molar-refractivity contribution in [1.82, 2.24) is 19.7 Å². The Bertz CT molecular complexity index is 398. The SMILES string of the molecule is Cn1ncnc1SCc1ccncc1. The largest absolute Gasteiger partial charge is 0.265 e. The lowest BCUT2D eigenvalue weighted by Gasteiger charge is -1.99. The van der Waals surface area contributed by atoms with Crippen LogP contribution >= 0.6 is 11.8 Å². The number of hydrogen-bond donors (Lipinski definition) is 0. The zero-order valence-corrected chi connectivity index (χ0v) is 8.61. The Hall–Kier alpha value is -1.36. The Morgan fingerprint density at radius 2 is 2.14 bits per heavy atom. The molecule has 0 N–H and O–H groups in total. The Morgan fingerprint density at radius 1 is 1.36 bits per heavy atom. The Kier molecular flexibility index (Phi) is 2.78. The molecule has 0 spiro atoms. The van der Waals surface area contributed by atoms with E-state index in [0.29, 0.717) is 0 Å². The van der Waals surface area contributed by atoms with Crippen LogP contribution in [0.25, 0.3) is 0 Å². The Labute approximate surface area is 86.4 Å². The van der Waals surface area contributed by atoms with E-state index in [9.17, 15) is 0 Å². The number of thioether (sulfide) groups is 1. The van der Waals surface area contributed by atoms with Gasteiger partial charge in [0.25, 0.3) is 0 Å². The molecule has 0 saturated heterocycles. The van der Waals surface area contributed by atoms with Crippen LogP contribution in [0.15, 0.2) is 36.0 Å². The highest BCUT2D eigenvalue weighted by Crippen LogP contribution is 2.18. The van der Waals surface area contributed by atoms with Crippen LogP contribution in [-0.4, -0.2) is 19.7 Å². The third-order valence-electron chi connectivity index (χ3n) is 1.79. The first-order valence-electron chi connectivity index (χ1n) is 4.22. The van der Waals surface area contributed by atoms with Crippen molar-refractivity contribution in [3.63, 3.8) is 0 Å². The molecule has 0 atom stereocenters. The fraction of sp³-hybridized carbons (Fsp3) is 0.222. The molecule has 2 aromatic rings. The van der Waals surface area contributed by atoms with Crippen LogP contribution in [0.2, 0.25) is 0 Å². The second kappa shape index (κ2) is 4.23. The van der Waals surface area contributed by atoms with Gasteiger partial charge in [0.15, 0.2) is 5.16 Å². The van der Waals surface area contributed by atoms with Crippen LogP contribution in [0.5, 0.6) is 0 Å². The van der Waals surface area contributed by atoms with Crippen molar-refractivity contribution in [1.29, 1.82) is 0 Å². The van der Waals surface area contributed by atoms with Crippen molar-refractivity contribution >= 4 is 11.8 Å². The normalized spacial score (nSPS) is 10.4. The van der Waals surface area contributed by atoms with Gasteiger partial charge in [-0.3, -0.25) is 4.98 Å². The number of rotatable bonds is 3. The van der Waals surface area contributed by atoms with Gasteiger partial charge in [0.1, 0.15) is 6.33 Å². The van der Waals surface area contributed by atoms with E-state index < -0.39 is 0 Å². The van der Waals surface area contributed by atoms with Crippen LogP contribution in [0, 0.1) is 0 Å². The summed E-state index contributed by atoms with van der Waals surface area (Å²) in [6.07, 6.45) is 5.16. The summed E-state index contributed by atoms with van der Waals surface area (Å²) < 4.78 is 1.77. The molecule has 0 fully saturated rings. The van der Waals surface area contributed by atoms with E-state index in [1.54, 1.807) is 35.2 Å². The van der Waals surface area contributed by atoms with Crippen LogP contribution < -0.4 is 0 Å². The van der Waals surface area contributed by atoms with Crippen LogP contribution in [0.4, 0.5) is 0 Å². The molecule has 2 rings (SSSR count). The summed E-state index contributed by atoms with van der Waals surface area (Å²) in [5.41, 5.74) is 1.24. The predicted molar refractivity (Wildman–Crippen MR) is 54.8 cm³/mol. The average Bonchev–Trinajstić information content (AvgIpc) is 2.63. The monoisotopic (exact) mass is 206 g/mol. The summed E-state index contributed by atoms with van der Waals surface area (Å²) in [4.78, 5) is 8.10. The number of nitrogens with zero attached hydrogens (tertiary/aromatic N) is 4. The fourth-order valence-electron chi connectivity index (χ4n) is 1.04. The van der Waals surface area contributed by atoms with Gasteiger partial charge in [-0.1, -0.05) is 11.8 Å². The van der Waals surface area contributed by atoms with Gasteiger partial charge in [-0.25, -0.2) is 9.67 Å². The van der Waals surface area contributed by atoms with E-state index in [2.05, 4.69) is 15.1 Å². The van der Waals surface area contributed by atoms with Gasteiger partial charge in [0.2, 0.25) is 0 Å². The summed E-state index contributed by atoms with van der Waals surface area (Å²) in [7, 11) is 1.89. The fourth-order valence-corrected chi connectivity index (χ4v) is 1.89. The van der Waals surface area contributed by atoms with Crippen LogP contribution in [0.3, 0.4) is 0 Å². The molecule has 0 aliphatic carbocycles. The van der Waals surface area contributed by atoms with Gasteiger partial charge in [-0.05, 0) is 17.7 Å². The number of pyridine rings is 1. The lowest BCUT2D eigenvalue weighted by Crippen LogP contribution is -1.93. The van der Waals surface area contributed by atoms with Crippen LogP contribution in [0.1, 0.15) is 5.56 Å². The van der Waals surface area contributed by atoms with Gasteiger partial charge in [0.05, 0.1) is 0 Å². The quantitative estimate of drug-likeness (QED) is 0.714. The second-order valence-corrected chi connectivity index (χ2v) is 3.75.